The van der Waals surface area contributed by atoms with Gasteiger partial charge >= 0.3 is 17.9 Å². The van der Waals surface area contributed by atoms with Gasteiger partial charge in [-0.3, -0.25) is 0 Å². The third-order valence-electron chi connectivity index (χ3n) is 1.76. The Morgan fingerprint density at radius 1 is 1.08 bits per heavy atom. The normalized spacial score (nSPS) is 11.1. The van der Waals surface area contributed by atoms with Crippen molar-refractivity contribution in [3.8, 4) is 0 Å². The zero-order valence-corrected chi connectivity index (χ0v) is 14.4. The Bertz CT molecular complexity index is 439. The first-order chi connectivity index (χ1) is 10.9. The van der Waals surface area contributed by atoms with Gasteiger partial charge in [0.2, 0.25) is 6.29 Å². The van der Waals surface area contributed by atoms with Crippen LogP contribution in [0.25, 0.3) is 0 Å². The maximum absolute atomic E-state index is 10.5. The van der Waals surface area contributed by atoms with Crippen LogP contribution in [0.2, 0.25) is 0 Å². The third-order valence-corrected chi connectivity index (χ3v) is 1.76. The SMILES string of the molecule is C=C(C)C(=O)O.C=C(C)C(=O)OC(C)O.C=CC(=O)OC(O)CC. The van der Waals surface area contributed by atoms with Gasteiger partial charge in [0.25, 0.3) is 0 Å². The number of hydrogen-bond donors (Lipinski definition) is 3. The average Bonchev–Trinajstić information content (AvgIpc) is 2.47. The third kappa shape index (κ3) is 21.8. The van der Waals surface area contributed by atoms with Crippen molar-refractivity contribution in [3.63, 3.8) is 0 Å². The quantitative estimate of drug-likeness (QED) is 0.375. The largest absolute Gasteiger partial charge is 0.478 e. The van der Waals surface area contributed by atoms with Crippen LogP contribution in [0.1, 0.15) is 34.1 Å². The van der Waals surface area contributed by atoms with Gasteiger partial charge in [-0.1, -0.05) is 26.7 Å². The minimum absolute atomic E-state index is 0.176. The number of carbonyl (C=O) groups excluding carboxylic acids is 2. The first kappa shape index (κ1) is 26.4. The van der Waals surface area contributed by atoms with Crippen molar-refractivity contribution in [2.45, 2.75) is 46.7 Å². The molecule has 0 spiro atoms. The number of carbonyl (C=O) groups is 3. The molecule has 0 aromatic heterocycles. The number of hydrogen-bond acceptors (Lipinski definition) is 7. The summed E-state index contributed by atoms with van der Waals surface area (Å²) in [6.45, 7) is 15.7. The summed E-state index contributed by atoms with van der Waals surface area (Å²) in [5.74, 6) is -2.09. The van der Waals surface area contributed by atoms with E-state index in [2.05, 4.69) is 29.2 Å². The van der Waals surface area contributed by atoms with Crippen LogP contribution in [0.3, 0.4) is 0 Å². The van der Waals surface area contributed by atoms with E-state index in [-0.39, 0.29) is 11.1 Å². The van der Waals surface area contributed by atoms with E-state index in [1.807, 2.05) is 0 Å². The zero-order chi connectivity index (χ0) is 19.9. The van der Waals surface area contributed by atoms with Gasteiger partial charge in [-0.25, -0.2) is 14.4 Å². The molecule has 0 rings (SSSR count). The molecule has 2 unspecified atom stereocenters. The van der Waals surface area contributed by atoms with Crippen molar-refractivity contribution in [3.05, 3.63) is 37.0 Å². The molecule has 0 aliphatic carbocycles. The fourth-order valence-electron chi connectivity index (χ4n) is 0.521. The van der Waals surface area contributed by atoms with Crippen LogP contribution in [0.4, 0.5) is 0 Å². The topological polar surface area (TPSA) is 130 Å². The molecule has 0 heterocycles. The number of aliphatic hydroxyl groups excluding tert-OH is 2. The maximum atomic E-state index is 10.5. The van der Waals surface area contributed by atoms with E-state index < -0.39 is 30.5 Å². The predicted molar refractivity (Wildman–Crippen MR) is 87.6 cm³/mol. The second kappa shape index (κ2) is 15.4. The number of carboxylic acid groups (broad SMARTS) is 1. The van der Waals surface area contributed by atoms with Crippen LogP contribution in [0.5, 0.6) is 0 Å². The van der Waals surface area contributed by atoms with E-state index in [0.29, 0.717) is 6.42 Å². The Morgan fingerprint density at radius 3 is 1.67 bits per heavy atom. The summed E-state index contributed by atoms with van der Waals surface area (Å²) in [5.41, 5.74) is 0.464. The van der Waals surface area contributed by atoms with Gasteiger partial charge in [-0.2, -0.15) is 0 Å². The van der Waals surface area contributed by atoms with Crippen LogP contribution >= 0.6 is 0 Å². The molecule has 8 nitrogen and oxygen atoms in total. The van der Waals surface area contributed by atoms with Crippen molar-refractivity contribution in [1.82, 2.24) is 0 Å². The second-order valence-corrected chi connectivity index (χ2v) is 4.37. The highest BCUT2D eigenvalue weighted by Gasteiger charge is 2.05. The average molecular weight is 346 g/mol. The number of rotatable bonds is 6. The van der Waals surface area contributed by atoms with Crippen LogP contribution in [-0.2, 0) is 23.9 Å². The molecule has 0 bridgehead atoms. The number of aliphatic hydroxyl groups is 2. The van der Waals surface area contributed by atoms with Gasteiger partial charge in [-0.05, 0) is 20.8 Å². The molecule has 2 atom stereocenters. The molecule has 0 aromatic carbocycles. The number of carboxylic acids is 1. The lowest BCUT2D eigenvalue weighted by atomic mass is 10.4. The van der Waals surface area contributed by atoms with E-state index >= 15 is 0 Å². The molecule has 0 aromatic rings. The van der Waals surface area contributed by atoms with E-state index in [0.717, 1.165) is 6.08 Å². The van der Waals surface area contributed by atoms with E-state index in [1.165, 1.54) is 20.8 Å². The number of ether oxygens (including phenoxy) is 2. The predicted octanol–water partition coefficient (Wildman–Crippen LogP) is 1.54. The maximum Gasteiger partial charge on any atom is 0.335 e. The minimum atomic E-state index is -1.05. The summed E-state index contributed by atoms with van der Waals surface area (Å²) >= 11 is 0. The standard InChI is InChI=1S/2C6H10O3.C4H6O2/c1-4(2)6(8)9-5(3)7;1-3-5(7)9-6(8)4-2;1-3(2)4(5)6/h5,7H,1H2,2-3H3;3,6,8H,1,4H2,2H3;1H2,2H3,(H,5,6). The summed E-state index contributed by atoms with van der Waals surface area (Å²) in [6, 6.07) is 0. The molecule has 8 heteroatoms. The van der Waals surface area contributed by atoms with Gasteiger partial charge in [0.1, 0.15) is 0 Å². The van der Waals surface area contributed by atoms with Crippen LogP contribution in [0.15, 0.2) is 37.0 Å². The highest BCUT2D eigenvalue weighted by molar-refractivity contribution is 5.87. The summed E-state index contributed by atoms with van der Waals surface area (Å²) in [6.07, 6.45) is -0.622. The molecule has 0 aliphatic rings. The lowest BCUT2D eigenvalue weighted by molar-refractivity contribution is -0.162. The summed E-state index contributed by atoms with van der Waals surface area (Å²) in [4.78, 5) is 30.4. The first-order valence-corrected chi connectivity index (χ1v) is 6.83. The molecule has 3 N–H and O–H groups in total. The van der Waals surface area contributed by atoms with Crippen molar-refractivity contribution in [2.24, 2.45) is 0 Å². The Kier molecular flexibility index (Phi) is 17.0. The number of esters is 2. The lowest BCUT2D eigenvalue weighted by Gasteiger charge is -2.05. The highest BCUT2D eigenvalue weighted by Crippen LogP contribution is 1.94. The summed E-state index contributed by atoms with van der Waals surface area (Å²) < 4.78 is 8.68. The van der Waals surface area contributed by atoms with Crippen molar-refractivity contribution >= 4 is 17.9 Å². The van der Waals surface area contributed by atoms with Gasteiger partial charge in [0.15, 0.2) is 6.29 Å². The van der Waals surface area contributed by atoms with Gasteiger partial charge < -0.3 is 24.8 Å². The Morgan fingerprint density at radius 2 is 1.50 bits per heavy atom. The molecule has 24 heavy (non-hydrogen) atoms. The van der Waals surface area contributed by atoms with E-state index in [1.54, 1.807) is 6.92 Å². The molecule has 0 aliphatic heterocycles. The molecular weight excluding hydrogens is 320 g/mol. The van der Waals surface area contributed by atoms with Crippen molar-refractivity contribution in [1.29, 1.82) is 0 Å². The second-order valence-electron chi connectivity index (χ2n) is 4.37. The fourth-order valence-corrected chi connectivity index (χ4v) is 0.521. The summed E-state index contributed by atoms with van der Waals surface area (Å²) in [5, 5.41) is 25.0. The van der Waals surface area contributed by atoms with Gasteiger partial charge in [0, 0.05) is 23.6 Å². The molecule has 0 radical (unpaired) electrons. The van der Waals surface area contributed by atoms with Gasteiger partial charge in [-0.15, -0.1) is 0 Å². The molecular formula is C16H26O8. The van der Waals surface area contributed by atoms with Crippen LogP contribution in [0, 0.1) is 0 Å². The van der Waals surface area contributed by atoms with Crippen LogP contribution < -0.4 is 0 Å². The molecule has 0 saturated heterocycles. The fraction of sp³-hybridized carbons (Fsp3) is 0.438. The molecule has 138 valence electrons. The lowest BCUT2D eigenvalue weighted by Crippen LogP contribution is -2.14. The van der Waals surface area contributed by atoms with Crippen LogP contribution in [-0.4, -0.2) is 45.8 Å². The summed E-state index contributed by atoms with van der Waals surface area (Å²) in [7, 11) is 0. The Hall–Kier alpha value is -2.45. The molecule has 0 fully saturated rings. The minimum Gasteiger partial charge on any atom is -0.478 e. The number of aliphatic carboxylic acids is 1. The Balaban J connectivity index is -0.000000282. The monoisotopic (exact) mass is 346 g/mol. The Labute approximate surface area is 141 Å². The zero-order valence-electron chi connectivity index (χ0n) is 14.4. The van der Waals surface area contributed by atoms with Crippen molar-refractivity contribution in [2.75, 3.05) is 0 Å². The first-order valence-electron chi connectivity index (χ1n) is 6.83. The van der Waals surface area contributed by atoms with E-state index in [4.69, 9.17) is 15.3 Å². The van der Waals surface area contributed by atoms with Crippen molar-refractivity contribution < 1.29 is 39.2 Å². The molecule has 0 saturated carbocycles. The van der Waals surface area contributed by atoms with E-state index in [9.17, 15) is 14.4 Å². The highest BCUT2D eigenvalue weighted by atomic mass is 16.6. The smallest absolute Gasteiger partial charge is 0.335 e. The molecule has 0 amide bonds. The van der Waals surface area contributed by atoms with Gasteiger partial charge in [0.05, 0.1) is 0 Å².